The van der Waals surface area contributed by atoms with E-state index in [1.807, 2.05) is 0 Å². The van der Waals surface area contributed by atoms with Crippen LogP contribution in [0.25, 0.3) is 0 Å². The first-order valence-electron chi connectivity index (χ1n) is 3.87. The summed E-state index contributed by atoms with van der Waals surface area (Å²) >= 11 is 5.07. The zero-order valence-corrected chi connectivity index (χ0v) is 8.00. The van der Waals surface area contributed by atoms with Crippen LogP contribution in [-0.4, -0.2) is 35.3 Å². The van der Waals surface area contributed by atoms with E-state index in [2.05, 4.69) is 6.58 Å². The average molecular weight is 196 g/mol. The average Bonchev–Trinajstić information content (AvgIpc) is 2.06. The Labute approximate surface area is 78.8 Å². The molecule has 74 valence electrons. The third-order valence-electron chi connectivity index (χ3n) is 1.11. The first-order valence-corrected chi connectivity index (χ1v) is 4.40. The molecular formula is C8H18ClNO2. The Morgan fingerprint density at radius 3 is 1.83 bits per heavy atom. The van der Waals surface area contributed by atoms with Crippen LogP contribution in [0.15, 0.2) is 12.7 Å². The molecule has 0 saturated heterocycles. The third kappa shape index (κ3) is 16.5. The summed E-state index contributed by atoms with van der Waals surface area (Å²) in [6.07, 6.45) is 2.81. The van der Waals surface area contributed by atoms with Crippen LogP contribution in [0.1, 0.15) is 12.8 Å². The Morgan fingerprint density at radius 2 is 1.67 bits per heavy atom. The minimum Gasteiger partial charge on any atom is -0.396 e. The van der Waals surface area contributed by atoms with Crippen molar-refractivity contribution in [2.24, 2.45) is 5.73 Å². The van der Waals surface area contributed by atoms with Crippen molar-refractivity contribution in [3.63, 3.8) is 0 Å². The van der Waals surface area contributed by atoms with Gasteiger partial charge in [-0.15, -0.1) is 18.2 Å². The second kappa shape index (κ2) is 13.5. The molecule has 0 radical (unpaired) electrons. The van der Waals surface area contributed by atoms with E-state index in [1.54, 1.807) is 6.08 Å². The summed E-state index contributed by atoms with van der Waals surface area (Å²) < 4.78 is 0. The quantitative estimate of drug-likeness (QED) is 0.442. The van der Waals surface area contributed by atoms with Crippen LogP contribution in [0.2, 0.25) is 0 Å². The van der Waals surface area contributed by atoms with E-state index in [-0.39, 0.29) is 19.3 Å². The molecule has 4 heteroatoms. The van der Waals surface area contributed by atoms with E-state index < -0.39 is 0 Å². The molecule has 4 N–H and O–H groups in total. The van der Waals surface area contributed by atoms with Crippen LogP contribution >= 0.6 is 11.6 Å². The van der Waals surface area contributed by atoms with Crippen LogP contribution in [-0.2, 0) is 0 Å². The molecule has 0 unspecified atom stereocenters. The van der Waals surface area contributed by atoms with Crippen molar-refractivity contribution in [2.45, 2.75) is 18.9 Å². The molecule has 0 aliphatic heterocycles. The lowest BCUT2D eigenvalue weighted by molar-refractivity contribution is 0.242. The maximum Gasteiger partial charge on any atom is 0.0445 e. The van der Waals surface area contributed by atoms with Gasteiger partial charge in [0, 0.05) is 25.1 Å². The molecule has 0 rings (SSSR count). The van der Waals surface area contributed by atoms with Crippen LogP contribution in [0.3, 0.4) is 0 Å². The minimum atomic E-state index is -0.0370. The van der Waals surface area contributed by atoms with Crippen molar-refractivity contribution in [2.75, 3.05) is 19.1 Å². The maximum absolute atomic E-state index is 8.30. The highest BCUT2D eigenvalue weighted by molar-refractivity contribution is 6.18. The number of allylic oxidation sites excluding steroid dienone is 1. The van der Waals surface area contributed by atoms with E-state index in [0.29, 0.717) is 18.7 Å². The van der Waals surface area contributed by atoms with Gasteiger partial charge >= 0.3 is 0 Å². The Hall–Kier alpha value is -0.0900. The zero-order valence-electron chi connectivity index (χ0n) is 7.25. The summed E-state index contributed by atoms with van der Waals surface area (Å²) in [5.74, 6) is 0.556. The van der Waals surface area contributed by atoms with Gasteiger partial charge in [-0.05, 0) is 12.8 Å². The lowest BCUT2D eigenvalue weighted by Crippen LogP contribution is -2.22. The van der Waals surface area contributed by atoms with E-state index in [1.165, 1.54) is 0 Å². The minimum absolute atomic E-state index is 0.0370. The molecule has 0 aliphatic rings. The number of hydrogen-bond donors (Lipinski definition) is 3. The summed E-state index contributed by atoms with van der Waals surface area (Å²) in [6.45, 7) is 3.57. The lowest BCUT2D eigenvalue weighted by atomic mass is 10.2. The fraction of sp³-hybridized carbons (Fsp3) is 0.750. The molecular weight excluding hydrogens is 178 g/mol. The highest BCUT2D eigenvalue weighted by atomic mass is 35.5. The highest BCUT2D eigenvalue weighted by Crippen LogP contribution is 1.90. The molecule has 0 spiro atoms. The smallest absolute Gasteiger partial charge is 0.0445 e. The first kappa shape index (κ1) is 14.4. The fourth-order valence-electron chi connectivity index (χ4n) is 0.476. The van der Waals surface area contributed by atoms with Gasteiger partial charge in [-0.3, -0.25) is 0 Å². The number of aliphatic hydroxyl groups is 2. The predicted octanol–water partition coefficient (Wildman–Crippen LogP) is 0.490. The topological polar surface area (TPSA) is 66.5 Å². The van der Waals surface area contributed by atoms with Gasteiger partial charge in [-0.1, -0.05) is 6.08 Å². The van der Waals surface area contributed by atoms with Gasteiger partial charge in [0.1, 0.15) is 0 Å². The van der Waals surface area contributed by atoms with Crippen molar-refractivity contribution in [1.29, 1.82) is 0 Å². The molecule has 0 saturated carbocycles. The summed E-state index contributed by atoms with van der Waals surface area (Å²) in [7, 11) is 0. The molecule has 3 nitrogen and oxygen atoms in total. The van der Waals surface area contributed by atoms with Crippen molar-refractivity contribution in [3.8, 4) is 0 Å². The van der Waals surface area contributed by atoms with Gasteiger partial charge in [0.05, 0.1) is 0 Å². The van der Waals surface area contributed by atoms with E-state index in [0.717, 1.165) is 0 Å². The van der Waals surface area contributed by atoms with Gasteiger partial charge < -0.3 is 15.9 Å². The third-order valence-corrected chi connectivity index (χ3v) is 1.33. The maximum atomic E-state index is 8.30. The molecule has 0 atom stereocenters. The summed E-state index contributed by atoms with van der Waals surface area (Å²) in [5.41, 5.74) is 5.37. The summed E-state index contributed by atoms with van der Waals surface area (Å²) in [6, 6.07) is -0.0370. The fourth-order valence-corrected chi connectivity index (χ4v) is 0.476. The van der Waals surface area contributed by atoms with Gasteiger partial charge in [0.25, 0.3) is 0 Å². The van der Waals surface area contributed by atoms with Gasteiger partial charge in [0.15, 0.2) is 0 Å². The second-order valence-electron chi connectivity index (χ2n) is 2.23. The van der Waals surface area contributed by atoms with Crippen molar-refractivity contribution >= 4 is 11.6 Å². The molecule has 0 aromatic heterocycles. The lowest BCUT2D eigenvalue weighted by Gasteiger charge is -2.05. The number of rotatable bonds is 5. The molecule has 12 heavy (non-hydrogen) atoms. The molecule has 0 aromatic carbocycles. The first-order chi connectivity index (χ1) is 5.72. The van der Waals surface area contributed by atoms with Crippen LogP contribution in [0, 0.1) is 0 Å². The normalized spacial score (nSPS) is 9.08. The summed E-state index contributed by atoms with van der Waals surface area (Å²) in [4.78, 5) is 0. The molecule has 0 aliphatic carbocycles. The van der Waals surface area contributed by atoms with Crippen molar-refractivity contribution in [1.82, 2.24) is 0 Å². The van der Waals surface area contributed by atoms with E-state index >= 15 is 0 Å². The number of hydrogen-bond acceptors (Lipinski definition) is 3. The van der Waals surface area contributed by atoms with Crippen molar-refractivity contribution in [3.05, 3.63) is 12.7 Å². The Bertz CT molecular complexity index is 85.1. The number of halogens is 1. The summed E-state index contributed by atoms with van der Waals surface area (Å²) in [5, 5.41) is 16.6. The largest absolute Gasteiger partial charge is 0.396 e. The Balaban J connectivity index is 0. The van der Waals surface area contributed by atoms with E-state index in [9.17, 15) is 0 Å². The molecule has 0 fully saturated rings. The molecule has 0 amide bonds. The standard InChI is InChI=1S/C5H13NO2.C3H5Cl/c6-5(1-3-7)2-4-8;1-2-3-4/h5,7-8H,1-4,6H2;2H,1,3H2. The highest BCUT2D eigenvalue weighted by Gasteiger charge is 1.97. The second-order valence-corrected chi connectivity index (χ2v) is 2.54. The SMILES string of the molecule is C=CCCl.NC(CCO)CCO. The number of aliphatic hydroxyl groups excluding tert-OH is 2. The van der Waals surface area contributed by atoms with Gasteiger partial charge in [0.2, 0.25) is 0 Å². The predicted molar refractivity (Wildman–Crippen MR) is 52.3 cm³/mol. The van der Waals surface area contributed by atoms with Crippen LogP contribution < -0.4 is 5.73 Å². The van der Waals surface area contributed by atoms with Crippen LogP contribution in [0.4, 0.5) is 0 Å². The Kier molecular flexibility index (Phi) is 16.2. The monoisotopic (exact) mass is 195 g/mol. The Morgan fingerprint density at radius 1 is 1.33 bits per heavy atom. The number of alkyl halides is 1. The van der Waals surface area contributed by atoms with Gasteiger partial charge in [-0.25, -0.2) is 0 Å². The number of nitrogens with two attached hydrogens (primary N) is 1. The molecule has 0 bridgehead atoms. The van der Waals surface area contributed by atoms with Crippen LogP contribution in [0.5, 0.6) is 0 Å². The van der Waals surface area contributed by atoms with Crippen molar-refractivity contribution < 1.29 is 10.2 Å². The molecule has 0 heterocycles. The zero-order chi connectivity index (χ0) is 9.82. The van der Waals surface area contributed by atoms with Gasteiger partial charge in [-0.2, -0.15) is 0 Å². The molecule has 0 aromatic rings. The van der Waals surface area contributed by atoms with E-state index in [4.69, 9.17) is 27.5 Å².